The third-order valence-electron chi connectivity index (χ3n) is 13.0. The van der Waals surface area contributed by atoms with Crippen LogP contribution in [0.3, 0.4) is 0 Å². The van der Waals surface area contributed by atoms with Crippen molar-refractivity contribution in [3.8, 4) is 78.4 Å². The fourth-order valence-corrected chi connectivity index (χ4v) is 10.1. The van der Waals surface area contributed by atoms with Crippen molar-refractivity contribution in [1.82, 2.24) is 9.97 Å². The molecule has 1 aromatic heterocycles. The van der Waals surface area contributed by atoms with Crippen LogP contribution in [-0.2, 0) is 0 Å². The molecule has 0 bridgehead atoms. The van der Waals surface area contributed by atoms with Crippen molar-refractivity contribution < 1.29 is 0 Å². The highest BCUT2D eigenvalue weighted by Gasteiger charge is 2.28. The first-order chi connectivity index (χ1) is 30.7. The molecule has 0 atom stereocenters. The van der Waals surface area contributed by atoms with E-state index in [0.717, 1.165) is 45.0 Å². The molecule has 0 N–H and O–H groups in total. The van der Waals surface area contributed by atoms with Gasteiger partial charge in [-0.3, -0.25) is 0 Å². The van der Waals surface area contributed by atoms with Crippen molar-refractivity contribution >= 4 is 53.9 Å². The summed E-state index contributed by atoms with van der Waals surface area (Å²) in [4.78, 5) is 10.7. The molecule has 1 heterocycles. The molecule has 0 radical (unpaired) electrons. The average Bonchev–Trinajstić information content (AvgIpc) is 3.67. The molecule has 0 saturated carbocycles. The van der Waals surface area contributed by atoms with E-state index in [0.29, 0.717) is 0 Å². The molecule has 62 heavy (non-hydrogen) atoms. The molecule has 2 heteroatoms. The summed E-state index contributed by atoms with van der Waals surface area (Å²) in [5.41, 5.74) is 14.7. The maximum absolute atomic E-state index is 5.34. The molecule has 0 aliphatic heterocycles. The third-order valence-corrected chi connectivity index (χ3v) is 13.0. The molecule has 1 aliphatic rings. The minimum atomic E-state index is 0.725. The van der Waals surface area contributed by atoms with Gasteiger partial charge in [0, 0.05) is 22.3 Å². The molecule has 13 rings (SSSR count). The minimum absolute atomic E-state index is 0.725. The maximum atomic E-state index is 5.34. The summed E-state index contributed by atoms with van der Waals surface area (Å²) in [6.45, 7) is 0. The summed E-state index contributed by atoms with van der Waals surface area (Å²) in [7, 11) is 0. The molecule has 0 fully saturated rings. The van der Waals surface area contributed by atoms with E-state index in [4.69, 9.17) is 9.97 Å². The van der Waals surface area contributed by atoms with Gasteiger partial charge in [-0.15, -0.1) is 0 Å². The van der Waals surface area contributed by atoms with E-state index in [1.165, 1.54) is 87.2 Å². The van der Waals surface area contributed by atoms with Gasteiger partial charge in [-0.05, 0) is 111 Å². The van der Waals surface area contributed by atoms with Crippen LogP contribution in [0.2, 0.25) is 0 Å². The van der Waals surface area contributed by atoms with Crippen molar-refractivity contribution in [2.24, 2.45) is 0 Å². The quantitative estimate of drug-likeness (QED) is 0.162. The first-order valence-corrected chi connectivity index (χ1v) is 21.3. The number of hydrogen-bond acceptors (Lipinski definition) is 2. The minimum Gasteiger partial charge on any atom is -0.227 e. The summed E-state index contributed by atoms with van der Waals surface area (Å²) in [5.74, 6) is 0.725. The lowest BCUT2D eigenvalue weighted by molar-refractivity contribution is 1.19. The molecule has 1 aliphatic carbocycles. The van der Waals surface area contributed by atoms with Gasteiger partial charge in [0.05, 0.1) is 11.4 Å². The first kappa shape index (κ1) is 34.6. The maximum Gasteiger partial charge on any atom is 0.160 e. The number of fused-ring (bicyclic) bond motifs is 7. The SMILES string of the molecule is c1ccc(-c2nc(-c3ccc(-c4ccc5c(-c6ccc7ccccc7c6)c6ccccc6c(-c6ccc7ccccc7c6)c5c4)cc3)nc3c2-c2cccc4cccc-3c24)cc1. The number of rotatable bonds is 5. The van der Waals surface area contributed by atoms with Gasteiger partial charge in [0.25, 0.3) is 0 Å². The Morgan fingerprint density at radius 3 is 1.42 bits per heavy atom. The Morgan fingerprint density at radius 2 is 0.742 bits per heavy atom. The largest absolute Gasteiger partial charge is 0.227 e. The second-order valence-electron chi connectivity index (χ2n) is 16.5. The molecule has 11 aromatic carbocycles. The van der Waals surface area contributed by atoms with E-state index in [2.05, 4.69) is 218 Å². The lowest BCUT2D eigenvalue weighted by Crippen LogP contribution is -1.97. The van der Waals surface area contributed by atoms with E-state index >= 15 is 0 Å². The van der Waals surface area contributed by atoms with E-state index in [-0.39, 0.29) is 0 Å². The van der Waals surface area contributed by atoms with Crippen molar-refractivity contribution in [3.63, 3.8) is 0 Å². The molecule has 0 spiro atoms. The normalized spacial score (nSPS) is 11.9. The third kappa shape index (κ3) is 5.37. The Bertz CT molecular complexity index is 3780. The number of aromatic nitrogens is 2. The van der Waals surface area contributed by atoms with Crippen molar-refractivity contribution in [3.05, 3.63) is 218 Å². The number of nitrogens with zero attached hydrogens (tertiary/aromatic N) is 2. The highest BCUT2D eigenvalue weighted by molar-refractivity contribution is 6.23. The van der Waals surface area contributed by atoms with Crippen LogP contribution in [0.25, 0.3) is 132 Å². The zero-order chi connectivity index (χ0) is 40.7. The zero-order valence-electron chi connectivity index (χ0n) is 33.7. The molecule has 286 valence electrons. The molecule has 0 amide bonds. The van der Waals surface area contributed by atoms with Gasteiger partial charge in [0.2, 0.25) is 0 Å². The summed E-state index contributed by atoms with van der Waals surface area (Å²) >= 11 is 0. The Hall–Kier alpha value is -8.20. The van der Waals surface area contributed by atoms with Crippen molar-refractivity contribution in [2.45, 2.75) is 0 Å². The van der Waals surface area contributed by atoms with Crippen LogP contribution >= 0.6 is 0 Å². The Labute approximate surface area is 359 Å². The van der Waals surface area contributed by atoms with Gasteiger partial charge in [-0.1, -0.05) is 200 Å². The predicted molar refractivity (Wildman–Crippen MR) is 261 cm³/mol. The molecular formula is C60H36N2. The smallest absolute Gasteiger partial charge is 0.160 e. The van der Waals surface area contributed by atoms with Crippen molar-refractivity contribution in [1.29, 1.82) is 0 Å². The van der Waals surface area contributed by atoms with Gasteiger partial charge in [0.15, 0.2) is 5.82 Å². The van der Waals surface area contributed by atoms with Gasteiger partial charge in [0.1, 0.15) is 0 Å². The molecule has 12 aromatic rings. The summed E-state index contributed by atoms with van der Waals surface area (Å²) in [5, 5.41) is 12.4. The number of benzene rings is 11. The fraction of sp³-hybridized carbons (Fsp3) is 0. The second-order valence-corrected chi connectivity index (χ2v) is 16.5. The van der Waals surface area contributed by atoms with E-state index < -0.39 is 0 Å². The van der Waals surface area contributed by atoms with Crippen LogP contribution in [-0.4, -0.2) is 9.97 Å². The van der Waals surface area contributed by atoms with Gasteiger partial charge in [-0.2, -0.15) is 0 Å². The van der Waals surface area contributed by atoms with E-state index in [1.807, 2.05) is 0 Å². The van der Waals surface area contributed by atoms with Crippen LogP contribution in [0.4, 0.5) is 0 Å². The van der Waals surface area contributed by atoms with E-state index in [9.17, 15) is 0 Å². The standard InChI is InChI=1S/C60H36N2/c1-2-14-41(15-3-1)58-57-51-22-10-18-40-19-11-23-52(54(40)51)59(57)62-60(61-58)42-28-24-39(25-29-42)45-32-33-50-53(36-45)56(47-31-27-38-13-5-7-17-44(38)35-47)49-21-9-8-20-48(49)55(50)46-30-26-37-12-4-6-16-43(37)34-46/h1-36H. The monoisotopic (exact) mass is 784 g/mol. The molecule has 2 nitrogen and oxygen atoms in total. The van der Waals surface area contributed by atoms with Crippen molar-refractivity contribution in [2.75, 3.05) is 0 Å². The summed E-state index contributed by atoms with van der Waals surface area (Å²) in [6, 6.07) is 79.5. The van der Waals surface area contributed by atoms with Crippen LogP contribution in [0.1, 0.15) is 0 Å². The summed E-state index contributed by atoms with van der Waals surface area (Å²) in [6.07, 6.45) is 0. The Morgan fingerprint density at radius 1 is 0.242 bits per heavy atom. The first-order valence-electron chi connectivity index (χ1n) is 21.3. The predicted octanol–water partition coefficient (Wildman–Crippen LogP) is 16.2. The number of hydrogen-bond donors (Lipinski definition) is 0. The Kier molecular flexibility index (Phi) is 7.64. The lowest BCUT2D eigenvalue weighted by Gasteiger charge is -2.19. The molecule has 0 unspecified atom stereocenters. The summed E-state index contributed by atoms with van der Waals surface area (Å²) < 4.78 is 0. The lowest BCUT2D eigenvalue weighted by atomic mass is 9.84. The molecular weight excluding hydrogens is 749 g/mol. The van der Waals surface area contributed by atoms with E-state index in [1.54, 1.807) is 0 Å². The fourth-order valence-electron chi connectivity index (χ4n) is 10.1. The van der Waals surface area contributed by atoms with Crippen LogP contribution < -0.4 is 0 Å². The topological polar surface area (TPSA) is 25.8 Å². The van der Waals surface area contributed by atoms with Gasteiger partial charge < -0.3 is 0 Å². The second kappa shape index (κ2) is 13.7. The average molecular weight is 785 g/mol. The van der Waals surface area contributed by atoms with Gasteiger partial charge >= 0.3 is 0 Å². The highest BCUT2D eigenvalue weighted by atomic mass is 14.9. The van der Waals surface area contributed by atoms with Crippen LogP contribution in [0.5, 0.6) is 0 Å². The van der Waals surface area contributed by atoms with Crippen LogP contribution in [0.15, 0.2) is 218 Å². The Balaban J connectivity index is 0.994. The van der Waals surface area contributed by atoms with Gasteiger partial charge in [-0.25, -0.2) is 9.97 Å². The highest BCUT2D eigenvalue weighted by Crippen LogP contribution is 2.51. The molecule has 0 saturated heterocycles. The van der Waals surface area contributed by atoms with Crippen LogP contribution in [0, 0.1) is 0 Å². The zero-order valence-corrected chi connectivity index (χ0v) is 33.7.